The van der Waals surface area contributed by atoms with Gasteiger partial charge in [0.15, 0.2) is 5.78 Å². The van der Waals surface area contributed by atoms with Crippen molar-refractivity contribution in [2.45, 2.75) is 66.2 Å². The van der Waals surface area contributed by atoms with Gasteiger partial charge in [0.2, 0.25) is 0 Å². The van der Waals surface area contributed by atoms with Crippen LogP contribution in [0.1, 0.15) is 66.2 Å². The highest BCUT2D eigenvalue weighted by Gasteiger charge is 2.33. The Bertz CT molecular complexity index is 345. The number of hydrogen-bond acceptors (Lipinski definition) is 1. The molecule has 0 N–H and O–H groups in total. The predicted molar refractivity (Wildman–Crippen MR) is 80.9 cm³/mol. The normalized spacial score (nSPS) is 39.0. The third-order valence-electron chi connectivity index (χ3n) is 5.34. The summed E-state index contributed by atoms with van der Waals surface area (Å²) >= 11 is 0. The molecule has 2 aliphatic carbocycles. The molecule has 2 aliphatic rings. The van der Waals surface area contributed by atoms with E-state index in [0.29, 0.717) is 23.5 Å². The fourth-order valence-corrected chi connectivity index (χ4v) is 3.76. The lowest BCUT2D eigenvalue weighted by Gasteiger charge is -2.32. The van der Waals surface area contributed by atoms with Gasteiger partial charge in [-0.3, -0.25) is 4.79 Å². The molecule has 0 saturated heterocycles. The van der Waals surface area contributed by atoms with E-state index in [2.05, 4.69) is 33.8 Å². The maximum Gasteiger partial charge on any atom is 0.162 e. The lowest BCUT2D eigenvalue weighted by molar-refractivity contribution is -0.122. The average molecular weight is 262 g/mol. The number of carbonyl (C=O) groups excluding carboxylic acids is 1. The van der Waals surface area contributed by atoms with Crippen molar-refractivity contribution in [1.29, 1.82) is 0 Å². The minimum atomic E-state index is 0.282. The van der Waals surface area contributed by atoms with Crippen LogP contribution in [-0.4, -0.2) is 5.78 Å². The number of Topliss-reactive ketones (excluding diaryl/α,β-unsaturated/α-hetero) is 1. The Hall–Kier alpha value is -0.590. The van der Waals surface area contributed by atoms with Crippen LogP contribution in [0, 0.1) is 29.6 Å². The van der Waals surface area contributed by atoms with Crippen molar-refractivity contribution in [3.05, 3.63) is 11.6 Å². The Morgan fingerprint density at radius 2 is 1.63 bits per heavy atom. The molecule has 19 heavy (non-hydrogen) atoms. The van der Waals surface area contributed by atoms with E-state index in [0.717, 1.165) is 12.3 Å². The Morgan fingerprint density at radius 1 is 1.00 bits per heavy atom. The molecule has 2 atom stereocenters. The summed E-state index contributed by atoms with van der Waals surface area (Å²) in [5, 5.41) is 0. The maximum absolute atomic E-state index is 12.6. The van der Waals surface area contributed by atoms with E-state index in [4.69, 9.17) is 0 Å². The average Bonchev–Trinajstić information content (AvgIpc) is 2.36. The molecule has 0 aromatic heterocycles. The minimum Gasteiger partial charge on any atom is -0.294 e. The number of carbonyl (C=O) groups is 1. The lowest BCUT2D eigenvalue weighted by atomic mass is 9.71. The summed E-state index contributed by atoms with van der Waals surface area (Å²) in [6.45, 7) is 8.98. The second-order valence-corrected chi connectivity index (χ2v) is 7.34. The van der Waals surface area contributed by atoms with Crippen LogP contribution in [0.15, 0.2) is 11.6 Å². The lowest BCUT2D eigenvalue weighted by Crippen LogP contribution is -2.30. The molecule has 2 unspecified atom stereocenters. The van der Waals surface area contributed by atoms with Gasteiger partial charge in [-0.1, -0.05) is 46.6 Å². The Balaban J connectivity index is 2.09. The first-order chi connectivity index (χ1) is 8.99. The minimum absolute atomic E-state index is 0.282. The van der Waals surface area contributed by atoms with E-state index in [1.54, 1.807) is 0 Å². The van der Waals surface area contributed by atoms with Gasteiger partial charge in [0.25, 0.3) is 0 Å². The Kier molecular flexibility index (Phi) is 4.86. The van der Waals surface area contributed by atoms with E-state index < -0.39 is 0 Å². The first-order valence-electron chi connectivity index (χ1n) is 8.25. The fourth-order valence-electron chi connectivity index (χ4n) is 3.76. The van der Waals surface area contributed by atoms with Crippen molar-refractivity contribution in [3.63, 3.8) is 0 Å². The molecule has 108 valence electrons. The zero-order valence-corrected chi connectivity index (χ0v) is 13.1. The summed E-state index contributed by atoms with van der Waals surface area (Å²) in [6.07, 6.45) is 9.91. The monoisotopic (exact) mass is 262 g/mol. The van der Waals surface area contributed by atoms with E-state index in [1.165, 1.54) is 37.7 Å². The Labute approximate surface area is 118 Å². The molecular weight excluding hydrogens is 232 g/mol. The molecule has 0 radical (unpaired) electrons. The molecule has 0 aromatic rings. The summed E-state index contributed by atoms with van der Waals surface area (Å²) in [5.74, 6) is 3.29. The highest BCUT2D eigenvalue weighted by Crippen LogP contribution is 2.37. The van der Waals surface area contributed by atoms with Gasteiger partial charge in [-0.25, -0.2) is 0 Å². The number of hydrogen-bond donors (Lipinski definition) is 0. The highest BCUT2D eigenvalue weighted by molar-refractivity contribution is 5.98. The third-order valence-corrected chi connectivity index (χ3v) is 5.34. The van der Waals surface area contributed by atoms with Crippen LogP contribution in [0.5, 0.6) is 0 Å². The Morgan fingerprint density at radius 3 is 2.21 bits per heavy atom. The molecule has 2 saturated carbocycles. The van der Waals surface area contributed by atoms with Gasteiger partial charge in [-0.05, 0) is 54.9 Å². The molecule has 0 bridgehead atoms. The number of ketones is 1. The summed E-state index contributed by atoms with van der Waals surface area (Å²) in [6, 6.07) is 0. The van der Waals surface area contributed by atoms with Crippen molar-refractivity contribution in [2.75, 3.05) is 0 Å². The van der Waals surface area contributed by atoms with E-state index in [9.17, 15) is 4.79 Å². The van der Waals surface area contributed by atoms with Gasteiger partial charge in [-0.15, -0.1) is 0 Å². The van der Waals surface area contributed by atoms with Crippen LogP contribution in [0.2, 0.25) is 0 Å². The van der Waals surface area contributed by atoms with Crippen LogP contribution in [0.25, 0.3) is 0 Å². The standard InChI is InChI=1S/C18H30O/c1-12(2)16-10-7-14(4)17(18(16)19)11-15-8-5-13(3)6-9-15/h11-16H,5-10H2,1-4H3/b17-11+. The highest BCUT2D eigenvalue weighted by atomic mass is 16.1. The smallest absolute Gasteiger partial charge is 0.162 e. The van der Waals surface area contributed by atoms with Crippen LogP contribution in [0.3, 0.4) is 0 Å². The van der Waals surface area contributed by atoms with E-state index in [-0.39, 0.29) is 5.92 Å². The molecule has 2 rings (SSSR count). The van der Waals surface area contributed by atoms with Crippen molar-refractivity contribution in [2.24, 2.45) is 29.6 Å². The van der Waals surface area contributed by atoms with Crippen LogP contribution >= 0.6 is 0 Å². The second kappa shape index (κ2) is 6.24. The van der Waals surface area contributed by atoms with E-state index in [1.807, 2.05) is 0 Å². The summed E-state index contributed by atoms with van der Waals surface area (Å²) in [7, 11) is 0. The predicted octanol–water partition coefficient (Wildman–Crippen LogP) is 5.01. The molecule has 0 aliphatic heterocycles. The quantitative estimate of drug-likeness (QED) is 0.639. The first kappa shape index (κ1) is 14.8. The zero-order chi connectivity index (χ0) is 14.0. The van der Waals surface area contributed by atoms with E-state index >= 15 is 0 Å². The summed E-state index contributed by atoms with van der Waals surface area (Å²) < 4.78 is 0. The molecule has 0 heterocycles. The van der Waals surface area contributed by atoms with Gasteiger partial charge in [0, 0.05) is 5.92 Å². The molecule has 0 spiro atoms. The molecule has 1 heteroatoms. The maximum atomic E-state index is 12.6. The van der Waals surface area contributed by atoms with Gasteiger partial charge >= 0.3 is 0 Å². The van der Waals surface area contributed by atoms with Gasteiger partial charge in [0.1, 0.15) is 0 Å². The van der Waals surface area contributed by atoms with Crippen LogP contribution in [-0.2, 0) is 4.79 Å². The zero-order valence-electron chi connectivity index (χ0n) is 13.1. The molecule has 0 amide bonds. The molecule has 2 fully saturated rings. The van der Waals surface area contributed by atoms with Crippen LogP contribution in [0.4, 0.5) is 0 Å². The van der Waals surface area contributed by atoms with Crippen molar-refractivity contribution in [3.8, 4) is 0 Å². The van der Waals surface area contributed by atoms with Gasteiger partial charge < -0.3 is 0 Å². The summed E-state index contributed by atoms with van der Waals surface area (Å²) in [5.41, 5.74) is 1.17. The molecule has 0 aromatic carbocycles. The fraction of sp³-hybridized carbons (Fsp3) is 0.833. The number of rotatable bonds is 2. The molecular formula is C18H30O. The molecule has 1 nitrogen and oxygen atoms in total. The van der Waals surface area contributed by atoms with Crippen molar-refractivity contribution >= 4 is 5.78 Å². The second-order valence-electron chi connectivity index (χ2n) is 7.34. The van der Waals surface area contributed by atoms with Crippen molar-refractivity contribution < 1.29 is 4.79 Å². The van der Waals surface area contributed by atoms with Crippen LogP contribution < -0.4 is 0 Å². The first-order valence-corrected chi connectivity index (χ1v) is 8.25. The number of allylic oxidation sites excluding steroid dienone is 2. The topological polar surface area (TPSA) is 17.1 Å². The van der Waals surface area contributed by atoms with Gasteiger partial charge in [0.05, 0.1) is 0 Å². The largest absolute Gasteiger partial charge is 0.294 e. The van der Waals surface area contributed by atoms with Gasteiger partial charge in [-0.2, -0.15) is 0 Å². The SMILES string of the molecule is CC1CCC(/C=C2/C(=O)C(C(C)C)CCC2C)CC1. The summed E-state index contributed by atoms with van der Waals surface area (Å²) in [4.78, 5) is 12.6. The third kappa shape index (κ3) is 3.49. The van der Waals surface area contributed by atoms with Crippen molar-refractivity contribution in [1.82, 2.24) is 0 Å².